The molecular weight excluding hydrogens is 354 g/mol. The Labute approximate surface area is 119 Å². The van der Waals surface area contributed by atoms with Crippen LogP contribution < -0.4 is 0 Å². The van der Waals surface area contributed by atoms with Gasteiger partial charge in [-0.3, -0.25) is 4.79 Å². The zero-order chi connectivity index (χ0) is 12.8. The highest BCUT2D eigenvalue weighted by molar-refractivity contribution is 14.1. The number of rotatable bonds is 5. The van der Waals surface area contributed by atoms with Gasteiger partial charge in [-0.05, 0) is 47.2 Å². The van der Waals surface area contributed by atoms with Crippen molar-refractivity contribution < 1.29 is 14.3 Å². The van der Waals surface area contributed by atoms with Crippen LogP contribution in [-0.4, -0.2) is 24.2 Å². The number of hydrogen-bond donors (Lipinski definition) is 0. The van der Waals surface area contributed by atoms with Gasteiger partial charge in [0.2, 0.25) is 0 Å². The number of hydrogen-bond acceptors (Lipinski definition) is 3. The predicted molar refractivity (Wildman–Crippen MR) is 74.5 cm³/mol. The smallest absolute Gasteiger partial charge is 0.338 e. The molecule has 1 aromatic carbocycles. The maximum absolute atomic E-state index is 11.7. The van der Waals surface area contributed by atoms with E-state index in [1.807, 2.05) is 6.07 Å². The monoisotopic (exact) mass is 366 g/mol. The summed E-state index contributed by atoms with van der Waals surface area (Å²) >= 11 is 7.57. The molecule has 0 radical (unpaired) electrons. The minimum Gasteiger partial charge on any atom is -0.462 e. The highest BCUT2D eigenvalue weighted by Crippen LogP contribution is 2.16. The molecule has 0 bridgehead atoms. The molecule has 0 N–H and O–H groups in total. The number of ketones is 1. The third-order valence-corrected chi connectivity index (χ3v) is 3.07. The molecule has 5 heteroatoms. The summed E-state index contributed by atoms with van der Waals surface area (Å²) < 4.78 is 5.88. The van der Waals surface area contributed by atoms with Crippen LogP contribution in [0.4, 0.5) is 0 Å². The van der Waals surface area contributed by atoms with Crippen LogP contribution in [0.2, 0.25) is 0 Å². The molecule has 0 aliphatic rings. The SMILES string of the molecule is CCOC(=O)c1cc(I)ccc1CC(=O)CCl. The first-order chi connectivity index (χ1) is 8.08. The van der Waals surface area contributed by atoms with Crippen molar-refractivity contribution in [2.24, 2.45) is 0 Å². The quantitative estimate of drug-likeness (QED) is 0.457. The van der Waals surface area contributed by atoms with Gasteiger partial charge >= 0.3 is 5.97 Å². The molecular formula is C12H12ClIO3. The first kappa shape index (κ1) is 14.4. The highest BCUT2D eigenvalue weighted by atomic mass is 127. The summed E-state index contributed by atoms with van der Waals surface area (Å²) in [6, 6.07) is 5.33. The van der Waals surface area contributed by atoms with Crippen LogP contribution in [0.25, 0.3) is 0 Å². The Bertz CT molecular complexity index is 432. The van der Waals surface area contributed by atoms with Crippen molar-refractivity contribution in [2.75, 3.05) is 12.5 Å². The number of esters is 1. The van der Waals surface area contributed by atoms with Crippen molar-refractivity contribution in [1.82, 2.24) is 0 Å². The van der Waals surface area contributed by atoms with Gasteiger partial charge in [0.25, 0.3) is 0 Å². The Hall–Kier alpha value is -0.620. The average molecular weight is 367 g/mol. The van der Waals surface area contributed by atoms with Gasteiger partial charge in [-0.2, -0.15) is 0 Å². The minimum atomic E-state index is -0.400. The van der Waals surface area contributed by atoms with Crippen LogP contribution in [0, 0.1) is 3.57 Å². The molecule has 1 rings (SSSR count). The van der Waals surface area contributed by atoms with Crippen LogP contribution in [0.3, 0.4) is 0 Å². The number of carbonyl (C=O) groups is 2. The molecule has 1 aromatic rings. The van der Waals surface area contributed by atoms with Gasteiger partial charge < -0.3 is 4.74 Å². The molecule has 0 atom stereocenters. The summed E-state index contributed by atoms with van der Waals surface area (Å²) in [4.78, 5) is 23.0. The third kappa shape index (κ3) is 4.27. The molecule has 0 unspecified atom stereocenters. The fourth-order valence-corrected chi connectivity index (χ4v) is 1.95. The lowest BCUT2D eigenvalue weighted by atomic mass is 10.0. The van der Waals surface area contributed by atoms with Crippen LogP contribution >= 0.6 is 34.2 Å². The fourth-order valence-electron chi connectivity index (χ4n) is 1.36. The van der Waals surface area contributed by atoms with Crippen LogP contribution in [0.15, 0.2) is 18.2 Å². The second kappa shape index (κ2) is 6.96. The average Bonchev–Trinajstić information content (AvgIpc) is 2.31. The zero-order valence-electron chi connectivity index (χ0n) is 9.33. The Kier molecular flexibility index (Phi) is 5.91. The van der Waals surface area contributed by atoms with E-state index in [0.717, 1.165) is 3.57 Å². The van der Waals surface area contributed by atoms with Crippen LogP contribution in [0.5, 0.6) is 0 Å². The van der Waals surface area contributed by atoms with Crippen molar-refractivity contribution in [3.8, 4) is 0 Å². The fraction of sp³-hybridized carbons (Fsp3) is 0.333. The van der Waals surface area contributed by atoms with Gasteiger partial charge in [-0.25, -0.2) is 4.79 Å². The topological polar surface area (TPSA) is 43.4 Å². The van der Waals surface area contributed by atoms with Crippen LogP contribution in [-0.2, 0) is 16.0 Å². The maximum atomic E-state index is 11.7. The summed E-state index contributed by atoms with van der Waals surface area (Å²) in [5, 5.41) is 0. The van der Waals surface area contributed by atoms with Gasteiger partial charge in [-0.1, -0.05) is 6.07 Å². The van der Waals surface area contributed by atoms with E-state index in [9.17, 15) is 9.59 Å². The molecule has 0 aliphatic carbocycles. The van der Waals surface area contributed by atoms with E-state index in [0.29, 0.717) is 17.7 Å². The molecule has 0 saturated carbocycles. The van der Waals surface area contributed by atoms with Gasteiger partial charge in [0, 0.05) is 9.99 Å². The lowest BCUT2D eigenvalue weighted by molar-refractivity contribution is -0.116. The van der Waals surface area contributed by atoms with Crippen molar-refractivity contribution in [3.63, 3.8) is 0 Å². The second-order valence-electron chi connectivity index (χ2n) is 3.37. The molecule has 0 aromatic heterocycles. The first-order valence-corrected chi connectivity index (χ1v) is 6.73. The van der Waals surface area contributed by atoms with E-state index < -0.39 is 5.97 Å². The van der Waals surface area contributed by atoms with Crippen molar-refractivity contribution >= 4 is 45.9 Å². The molecule has 0 amide bonds. The normalized spacial score (nSPS) is 10.1. The summed E-state index contributed by atoms with van der Waals surface area (Å²) in [6.07, 6.45) is 0.161. The Morgan fingerprint density at radius 2 is 2.12 bits per heavy atom. The highest BCUT2D eigenvalue weighted by Gasteiger charge is 2.15. The summed E-state index contributed by atoms with van der Waals surface area (Å²) in [7, 11) is 0. The molecule has 17 heavy (non-hydrogen) atoms. The molecule has 0 spiro atoms. The van der Waals surface area contributed by atoms with E-state index >= 15 is 0 Å². The molecule has 0 heterocycles. The molecule has 92 valence electrons. The third-order valence-electron chi connectivity index (χ3n) is 2.10. The summed E-state index contributed by atoms with van der Waals surface area (Å²) in [5.41, 5.74) is 1.10. The number of alkyl halides is 1. The van der Waals surface area contributed by atoms with Gasteiger partial charge in [0.15, 0.2) is 5.78 Å². The lowest BCUT2D eigenvalue weighted by Gasteiger charge is -2.08. The Morgan fingerprint density at radius 3 is 2.71 bits per heavy atom. The predicted octanol–water partition coefficient (Wildman–Crippen LogP) is 2.82. The lowest BCUT2D eigenvalue weighted by Crippen LogP contribution is -2.12. The summed E-state index contributed by atoms with van der Waals surface area (Å²) in [5.74, 6) is -0.560. The molecule has 0 fully saturated rings. The van der Waals surface area contributed by atoms with E-state index in [4.69, 9.17) is 16.3 Å². The number of benzene rings is 1. The number of Topliss-reactive ketones (excluding diaryl/α,β-unsaturated/α-hetero) is 1. The largest absolute Gasteiger partial charge is 0.462 e. The Balaban J connectivity index is 3.03. The second-order valence-corrected chi connectivity index (χ2v) is 4.88. The minimum absolute atomic E-state index is 0.0474. The first-order valence-electron chi connectivity index (χ1n) is 5.11. The van der Waals surface area contributed by atoms with E-state index in [-0.39, 0.29) is 18.1 Å². The van der Waals surface area contributed by atoms with Gasteiger partial charge in [-0.15, -0.1) is 11.6 Å². The van der Waals surface area contributed by atoms with E-state index in [2.05, 4.69) is 22.6 Å². The maximum Gasteiger partial charge on any atom is 0.338 e. The van der Waals surface area contributed by atoms with Gasteiger partial charge in [0.1, 0.15) is 0 Å². The van der Waals surface area contributed by atoms with Crippen molar-refractivity contribution in [3.05, 3.63) is 32.9 Å². The molecule has 0 saturated heterocycles. The number of halogens is 2. The Morgan fingerprint density at radius 1 is 1.41 bits per heavy atom. The molecule has 0 aliphatic heterocycles. The zero-order valence-corrected chi connectivity index (χ0v) is 12.2. The van der Waals surface area contributed by atoms with E-state index in [1.165, 1.54) is 0 Å². The molecule has 3 nitrogen and oxygen atoms in total. The van der Waals surface area contributed by atoms with Crippen molar-refractivity contribution in [2.45, 2.75) is 13.3 Å². The summed E-state index contributed by atoms with van der Waals surface area (Å²) in [6.45, 7) is 2.06. The van der Waals surface area contributed by atoms with Crippen molar-refractivity contribution in [1.29, 1.82) is 0 Å². The van der Waals surface area contributed by atoms with Crippen LogP contribution in [0.1, 0.15) is 22.8 Å². The van der Waals surface area contributed by atoms with Gasteiger partial charge in [0.05, 0.1) is 18.1 Å². The number of ether oxygens (including phenoxy) is 1. The van der Waals surface area contributed by atoms with E-state index in [1.54, 1.807) is 19.1 Å². The number of carbonyl (C=O) groups excluding carboxylic acids is 2. The standard InChI is InChI=1S/C12H12ClIO3/c1-2-17-12(16)11-6-9(14)4-3-8(11)5-10(15)7-13/h3-4,6H,2,5,7H2,1H3.